The molecule has 1 saturated heterocycles. The van der Waals surface area contributed by atoms with Crippen LogP contribution in [0.3, 0.4) is 0 Å². The van der Waals surface area contributed by atoms with E-state index in [0.29, 0.717) is 5.41 Å². The van der Waals surface area contributed by atoms with Gasteiger partial charge in [0.15, 0.2) is 0 Å². The minimum absolute atomic E-state index is 0.413. The van der Waals surface area contributed by atoms with Gasteiger partial charge in [-0.3, -0.25) is 4.90 Å². The van der Waals surface area contributed by atoms with Crippen molar-refractivity contribution in [2.24, 2.45) is 11.3 Å². The van der Waals surface area contributed by atoms with E-state index in [-0.39, 0.29) is 0 Å². The summed E-state index contributed by atoms with van der Waals surface area (Å²) in [5.74, 6) is 0.744. The van der Waals surface area contributed by atoms with Crippen molar-refractivity contribution in [2.75, 3.05) is 13.1 Å². The molecule has 17 heavy (non-hydrogen) atoms. The van der Waals surface area contributed by atoms with Crippen molar-refractivity contribution in [1.29, 1.82) is 0 Å². The molecule has 0 radical (unpaired) electrons. The molecule has 1 N–H and O–H groups in total. The number of nitrogens with one attached hydrogen (secondary N) is 1. The van der Waals surface area contributed by atoms with E-state index in [9.17, 15) is 0 Å². The number of nitrogens with zero attached hydrogens (tertiary/aromatic N) is 1. The summed E-state index contributed by atoms with van der Waals surface area (Å²) in [5, 5.41) is 3.80. The molecule has 2 rings (SSSR count). The molecule has 1 saturated carbocycles. The highest BCUT2D eigenvalue weighted by Crippen LogP contribution is 2.33. The lowest BCUT2D eigenvalue weighted by Crippen LogP contribution is -2.41. The zero-order chi connectivity index (χ0) is 12.6. The summed E-state index contributed by atoms with van der Waals surface area (Å²) in [7, 11) is 0. The van der Waals surface area contributed by atoms with Crippen LogP contribution in [0.4, 0.5) is 0 Å². The van der Waals surface area contributed by atoms with Gasteiger partial charge in [-0.15, -0.1) is 0 Å². The lowest BCUT2D eigenvalue weighted by molar-refractivity contribution is 0.223. The average Bonchev–Trinajstić information content (AvgIpc) is 3.00. The zero-order valence-electron chi connectivity index (χ0n) is 12.3. The van der Waals surface area contributed by atoms with Crippen molar-refractivity contribution in [3.63, 3.8) is 0 Å². The molecule has 1 aliphatic heterocycles. The maximum atomic E-state index is 3.80. The van der Waals surface area contributed by atoms with Crippen molar-refractivity contribution < 1.29 is 0 Å². The largest absolute Gasteiger partial charge is 0.312 e. The van der Waals surface area contributed by atoms with Gasteiger partial charge < -0.3 is 5.32 Å². The van der Waals surface area contributed by atoms with Gasteiger partial charge in [-0.2, -0.15) is 0 Å². The summed E-state index contributed by atoms with van der Waals surface area (Å²) in [6, 6.07) is 2.45. The number of hydrogen-bond acceptors (Lipinski definition) is 2. The Hall–Kier alpha value is -0.0800. The highest BCUT2D eigenvalue weighted by Gasteiger charge is 2.39. The van der Waals surface area contributed by atoms with Gasteiger partial charge in [0.2, 0.25) is 0 Å². The van der Waals surface area contributed by atoms with E-state index in [1.807, 2.05) is 0 Å². The highest BCUT2D eigenvalue weighted by molar-refractivity contribution is 4.96. The second-order valence-electron chi connectivity index (χ2n) is 7.23. The third kappa shape index (κ3) is 3.23. The van der Waals surface area contributed by atoms with Crippen molar-refractivity contribution in [3.8, 4) is 0 Å². The van der Waals surface area contributed by atoms with Crippen molar-refractivity contribution in [2.45, 2.75) is 72.0 Å². The van der Waals surface area contributed by atoms with Crippen LogP contribution in [0.5, 0.6) is 0 Å². The summed E-state index contributed by atoms with van der Waals surface area (Å²) in [5.41, 5.74) is 0.413. The fourth-order valence-corrected chi connectivity index (χ4v) is 2.73. The van der Waals surface area contributed by atoms with E-state index in [1.54, 1.807) is 0 Å². The molecule has 2 aliphatic rings. The lowest BCUT2D eigenvalue weighted by atomic mass is 9.81. The Morgan fingerprint density at radius 2 is 1.94 bits per heavy atom. The molecule has 2 nitrogen and oxygen atoms in total. The molecule has 0 aromatic carbocycles. The van der Waals surface area contributed by atoms with Gasteiger partial charge >= 0.3 is 0 Å². The average molecular weight is 238 g/mol. The van der Waals surface area contributed by atoms with Crippen LogP contribution < -0.4 is 5.32 Å². The van der Waals surface area contributed by atoms with E-state index >= 15 is 0 Å². The van der Waals surface area contributed by atoms with E-state index in [1.165, 1.54) is 25.8 Å². The Morgan fingerprint density at radius 1 is 1.29 bits per heavy atom. The van der Waals surface area contributed by atoms with E-state index in [0.717, 1.165) is 30.6 Å². The van der Waals surface area contributed by atoms with Crippen molar-refractivity contribution >= 4 is 0 Å². The first-order chi connectivity index (χ1) is 7.90. The molecule has 0 aromatic heterocycles. The summed E-state index contributed by atoms with van der Waals surface area (Å²) in [4.78, 5) is 2.72. The summed E-state index contributed by atoms with van der Waals surface area (Å²) >= 11 is 0. The number of likely N-dealkylation sites (tertiary alicyclic amines) is 1. The zero-order valence-corrected chi connectivity index (χ0v) is 12.3. The minimum Gasteiger partial charge on any atom is -0.312 e. The first-order valence-electron chi connectivity index (χ1n) is 7.39. The normalized spacial score (nSPS) is 31.4. The van der Waals surface area contributed by atoms with Gasteiger partial charge in [-0.1, -0.05) is 27.7 Å². The molecule has 100 valence electrons. The van der Waals surface area contributed by atoms with Crippen LogP contribution in [-0.4, -0.2) is 36.1 Å². The Bertz CT molecular complexity index is 256. The molecule has 1 aliphatic carbocycles. The SMILES string of the molecule is CC1CC(NCC(C)(C)C(C)C)CN1C1CC1. The van der Waals surface area contributed by atoms with Crippen LogP contribution in [0.25, 0.3) is 0 Å². The molecule has 0 amide bonds. The van der Waals surface area contributed by atoms with Crippen LogP contribution in [0.15, 0.2) is 0 Å². The predicted molar refractivity (Wildman–Crippen MR) is 74.2 cm³/mol. The van der Waals surface area contributed by atoms with E-state index in [4.69, 9.17) is 0 Å². The molecule has 0 bridgehead atoms. The highest BCUT2D eigenvalue weighted by atomic mass is 15.3. The lowest BCUT2D eigenvalue weighted by Gasteiger charge is -2.31. The standard InChI is InChI=1S/C15H30N2/c1-11(2)15(4,5)10-16-13-8-12(3)17(9-13)14-6-7-14/h11-14,16H,6-10H2,1-5H3. The minimum atomic E-state index is 0.413. The molecule has 0 spiro atoms. The fraction of sp³-hybridized carbons (Fsp3) is 1.00. The summed E-state index contributed by atoms with van der Waals surface area (Å²) < 4.78 is 0. The molecule has 0 aromatic rings. The number of hydrogen-bond donors (Lipinski definition) is 1. The second kappa shape index (κ2) is 4.89. The number of rotatable bonds is 5. The third-order valence-corrected chi connectivity index (χ3v) is 5.05. The quantitative estimate of drug-likeness (QED) is 0.792. The van der Waals surface area contributed by atoms with Gasteiger partial charge in [-0.25, -0.2) is 0 Å². The van der Waals surface area contributed by atoms with Crippen LogP contribution in [0.1, 0.15) is 53.9 Å². The maximum Gasteiger partial charge on any atom is 0.0210 e. The molecule has 2 unspecified atom stereocenters. The van der Waals surface area contributed by atoms with Crippen LogP contribution in [0.2, 0.25) is 0 Å². The van der Waals surface area contributed by atoms with Crippen molar-refractivity contribution in [1.82, 2.24) is 10.2 Å². The predicted octanol–water partition coefficient (Wildman–Crippen LogP) is 2.88. The van der Waals surface area contributed by atoms with Gasteiger partial charge in [-0.05, 0) is 37.5 Å². The first kappa shape index (κ1) is 13.4. The van der Waals surface area contributed by atoms with Gasteiger partial charge in [0.25, 0.3) is 0 Å². The third-order valence-electron chi connectivity index (χ3n) is 5.05. The van der Waals surface area contributed by atoms with Gasteiger partial charge in [0.1, 0.15) is 0 Å². The van der Waals surface area contributed by atoms with E-state index < -0.39 is 0 Å². The smallest absolute Gasteiger partial charge is 0.0210 e. The molecule has 2 fully saturated rings. The Labute approximate surface area is 107 Å². The van der Waals surface area contributed by atoms with Crippen LogP contribution >= 0.6 is 0 Å². The molecule has 1 heterocycles. The van der Waals surface area contributed by atoms with E-state index in [2.05, 4.69) is 44.8 Å². The Kier molecular flexibility index (Phi) is 3.84. The van der Waals surface area contributed by atoms with Crippen LogP contribution in [0, 0.1) is 11.3 Å². The summed E-state index contributed by atoms with van der Waals surface area (Å²) in [6.45, 7) is 14.2. The van der Waals surface area contributed by atoms with Crippen LogP contribution in [-0.2, 0) is 0 Å². The van der Waals surface area contributed by atoms with Crippen molar-refractivity contribution in [3.05, 3.63) is 0 Å². The fourth-order valence-electron chi connectivity index (χ4n) is 2.73. The molecular formula is C15H30N2. The molecule has 2 atom stereocenters. The topological polar surface area (TPSA) is 15.3 Å². The monoisotopic (exact) mass is 238 g/mol. The van der Waals surface area contributed by atoms with Gasteiger partial charge in [0.05, 0.1) is 0 Å². The summed E-state index contributed by atoms with van der Waals surface area (Å²) in [6.07, 6.45) is 4.22. The second-order valence-corrected chi connectivity index (χ2v) is 7.23. The maximum absolute atomic E-state index is 3.80. The Morgan fingerprint density at radius 3 is 2.47 bits per heavy atom. The molecule has 2 heteroatoms. The Balaban J connectivity index is 1.77. The first-order valence-corrected chi connectivity index (χ1v) is 7.39. The molecular weight excluding hydrogens is 208 g/mol. The van der Waals surface area contributed by atoms with Gasteiger partial charge in [0, 0.05) is 31.2 Å².